The zero-order chi connectivity index (χ0) is 18.5. The highest BCUT2D eigenvalue weighted by Crippen LogP contribution is 2.25. The van der Waals surface area contributed by atoms with Crippen molar-refractivity contribution < 1.29 is 9.59 Å². The summed E-state index contributed by atoms with van der Waals surface area (Å²) in [6.07, 6.45) is 0. The standard InChI is InChI=1S/C17H25Cl2N3O2/c1-11(12-6-7-13(18)14(19)8-12)20-15(23)9-22(5)10-16(24)21-17(2,3)4/h6-8,11H,9-10H2,1-5H3,(H,20,23)(H,21,24)/t11-/m1/s1. The van der Waals surface area contributed by atoms with Crippen LogP contribution in [-0.4, -0.2) is 42.4 Å². The van der Waals surface area contributed by atoms with E-state index in [0.717, 1.165) is 5.56 Å². The minimum Gasteiger partial charge on any atom is -0.350 e. The number of carbonyl (C=O) groups excluding carboxylic acids is 2. The minimum absolute atomic E-state index is 0.115. The Balaban J connectivity index is 2.50. The third kappa shape index (κ3) is 7.51. The predicted octanol–water partition coefficient (Wildman–Crippen LogP) is 3.02. The molecule has 0 heterocycles. The van der Waals surface area contributed by atoms with Gasteiger partial charge in [-0.25, -0.2) is 0 Å². The molecule has 0 unspecified atom stereocenters. The van der Waals surface area contributed by atoms with E-state index < -0.39 is 0 Å². The van der Waals surface area contributed by atoms with Gasteiger partial charge >= 0.3 is 0 Å². The summed E-state index contributed by atoms with van der Waals surface area (Å²) in [5, 5.41) is 6.67. The molecule has 1 atom stereocenters. The molecular formula is C17H25Cl2N3O2. The molecule has 0 fully saturated rings. The molecule has 1 rings (SSSR count). The Morgan fingerprint density at radius 1 is 1.12 bits per heavy atom. The number of benzene rings is 1. The van der Waals surface area contributed by atoms with Gasteiger partial charge in [0.05, 0.1) is 29.2 Å². The summed E-state index contributed by atoms with van der Waals surface area (Å²) in [6, 6.07) is 5.05. The summed E-state index contributed by atoms with van der Waals surface area (Å²) in [5.74, 6) is -0.282. The van der Waals surface area contributed by atoms with Crippen molar-refractivity contribution in [3.8, 4) is 0 Å². The second-order valence-electron chi connectivity index (χ2n) is 6.93. The van der Waals surface area contributed by atoms with Gasteiger partial charge in [0.2, 0.25) is 11.8 Å². The zero-order valence-electron chi connectivity index (χ0n) is 14.7. The molecule has 0 saturated heterocycles. The molecule has 0 radical (unpaired) electrons. The number of hydrogen-bond acceptors (Lipinski definition) is 3. The quantitative estimate of drug-likeness (QED) is 0.805. The first-order valence-electron chi connectivity index (χ1n) is 7.72. The van der Waals surface area contributed by atoms with Crippen molar-refractivity contribution in [2.24, 2.45) is 0 Å². The summed E-state index contributed by atoms with van der Waals surface area (Å²) in [6.45, 7) is 7.89. The number of likely N-dealkylation sites (N-methyl/N-ethyl adjacent to an activating group) is 1. The van der Waals surface area contributed by atoms with E-state index in [2.05, 4.69) is 10.6 Å². The molecule has 1 aromatic rings. The van der Waals surface area contributed by atoms with E-state index >= 15 is 0 Å². The SMILES string of the molecule is C[C@@H](NC(=O)CN(C)CC(=O)NC(C)(C)C)c1ccc(Cl)c(Cl)c1. The fourth-order valence-corrected chi connectivity index (χ4v) is 2.46. The minimum atomic E-state index is -0.289. The van der Waals surface area contributed by atoms with Gasteiger partial charge < -0.3 is 10.6 Å². The van der Waals surface area contributed by atoms with Gasteiger partial charge in [-0.15, -0.1) is 0 Å². The lowest BCUT2D eigenvalue weighted by atomic mass is 10.1. The number of amides is 2. The van der Waals surface area contributed by atoms with Gasteiger partial charge in [-0.3, -0.25) is 14.5 Å². The Hall–Kier alpha value is -1.30. The van der Waals surface area contributed by atoms with Crippen LogP contribution in [0.5, 0.6) is 0 Å². The van der Waals surface area contributed by atoms with Crippen LogP contribution < -0.4 is 10.6 Å². The largest absolute Gasteiger partial charge is 0.350 e. The summed E-state index contributed by atoms with van der Waals surface area (Å²) in [7, 11) is 1.73. The molecule has 5 nitrogen and oxygen atoms in total. The highest BCUT2D eigenvalue weighted by molar-refractivity contribution is 6.42. The second-order valence-corrected chi connectivity index (χ2v) is 7.75. The third-order valence-corrected chi connectivity index (χ3v) is 3.90. The van der Waals surface area contributed by atoms with Crippen LogP contribution in [0.2, 0.25) is 10.0 Å². The highest BCUT2D eigenvalue weighted by atomic mass is 35.5. The number of rotatable bonds is 6. The molecule has 0 saturated carbocycles. The number of halogens is 2. The van der Waals surface area contributed by atoms with Crippen molar-refractivity contribution in [3.63, 3.8) is 0 Å². The molecule has 0 aliphatic carbocycles. The van der Waals surface area contributed by atoms with Crippen molar-refractivity contribution in [2.45, 2.75) is 39.3 Å². The van der Waals surface area contributed by atoms with Gasteiger partial charge in [0, 0.05) is 5.54 Å². The van der Waals surface area contributed by atoms with Gasteiger partial charge in [-0.1, -0.05) is 29.3 Å². The summed E-state index contributed by atoms with van der Waals surface area (Å²) < 4.78 is 0. The van der Waals surface area contributed by atoms with Gasteiger partial charge in [0.1, 0.15) is 0 Å². The maximum Gasteiger partial charge on any atom is 0.234 e. The van der Waals surface area contributed by atoms with Crippen molar-refractivity contribution in [2.75, 3.05) is 20.1 Å². The Morgan fingerprint density at radius 2 is 1.71 bits per heavy atom. The molecular weight excluding hydrogens is 349 g/mol. The van der Waals surface area contributed by atoms with Gasteiger partial charge in [0.25, 0.3) is 0 Å². The summed E-state index contributed by atoms with van der Waals surface area (Å²) >= 11 is 11.9. The van der Waals surface area contributed by atoms with Crippen molar-refractivity contribution in [1.29, 1.82) is 0 Å². The van der Waals surface area contributed by atoms with E-state index in [0.29, 0.717) is 10.0 Å². The van der Waals surface area contributed by atoms with Crippen LogP contribution in [0, 0.1) is 0 Å². The third-order valence-electron chi connectivity index (χ3n) is 3.16. The van der Waals surface area contributed by atoms with Crippen LogP contribution in [0.3, 0.4) is 0 Å². The van der Waals surface area contributed by atoms with Crippen molar-refractivity contribution in [3.05, 3.63) is 33.8 Å². The maximum absolute atomic E-state index is 12.1. The van der Waals surface area contributed by atoms with Crippen LogP contribution >= 0.6 is 23.2 Å². The van der Waals surface area contributed by atoms with E-state index in [1.807, 2.05) is 33.8 Å². The first kappa shape index (κ1) is 20.7. The topological polar surface area (TPSA) is 61.4 Å². The molecule has 0 aliphatic heterocycles. The Labute approximate surface area is 153 Å². The molecule has 0 bridgehead atoms. The van der Waals surface area contributed by atoms with E-state index in [1.54, 1.807) is 24.1 Å². The zero-order valence-corrected chi connectivity index (χ0v) is 16.3. The molecule has 0 aliphatic rings. The molecule has 24 heavy (non-hydrogen) atoms. The Morgan fingerprint density at radius 3 is 2.25 bits per heavy atom. The van der Waals surface area contributed by atoms with Crippen molar-refractivity contribution >= 4 is 35.0 Å². The van der Waals surface area contributed by atoms with Gasteiger partial charge in [-0.05, 0) is 52.4 Å². The number of hydrogen-bond donors (Lipinski definition) is 2. The molecule has 1 aromatic carbocycles. The van der Waals surface area contributed by atoms with Crippen LogP contribution in [0.1, 0.15) is 39.3 Å². The first-order valence-corrected chi connectivity index (χ1v) is 8.47. The Bertz CT molecular complexity index is 600. The van der Waals surface area contributed by atoms with Gasteiger partial charge in [-0.2, -0.15) is 0 Å². The summed E-state index contributed by atoms with van der Waals surface area (Å²) in [4.78, 5) is 25.6. The molecule has 134 valence electrons. The number of carbonyl (C=O) groups is 2. The fourth-order valence-electron chi connectivity index (χ4n) is 2.16. The first-order chi connectivity index (χ1) is 11.0. The van der Waals surface area contributed by atoms with Crippen LogP contribution in [0.4, 0.5) is 0 Å². The average Bonchev–Trinajstić information content (AvgIpc) is 2.38. The van der Waals surface area contributed by atoms with E-state index in [1.165, 1.54) is 0 Å². The normalized spacial score (nSPS) is 12.8. The lowest BCUT2D eigenvalue weighted by Crippen LogP contribution is -2.47. The smallest absolute Gasteiger partial charge is 0.234 e. The monoisotopic (exact) mass is 373 g/mol. The molecule has 2 N–H and O–H groups in total. The van der Waals surface area contributed by atoms with Crippen LogP contribution in [0.25, 0.3) is 0 Å². The second kappa shape index (κ2) is 8.70. The molecule has 0 aromatic heterocycles. The average molecular weight is 374 g/mol. The fraction of sp³-hybridized carbons (Fsp3) is 0.529. The summed E-state index contributed by atoms with van der Waals surface area (Å²) in [5.41, 5.74) is 0.577. The predicted molar refractivity (Wildman–Crippen MR) is 98.4 cm³/mol. The van der Waals surface area contributed by atoms with Crippen LogP contribution in [-0.2, 0) is 9.59 Å². The lowest BCUT2D eigenvalue weighted by Gasteiger charge is -2.23. The highest BCUT2D eigenvalue weighted by Gasteiger charge is 2.17. The van der Waals surface area contributed by atoms with E-state index in [9.17, 15) is 9.59 Å². The van der Waals surface area contributed by atoms with Crippen molar-refractivity contribution in [1.82, 2.24) is 15.5 Å². The maximum atomic E-state index is 12.1. The Kier molecular flexibility index (Phi) is 7.52. The number of nitrogens with zero attached hydrogens (tertiary/aromatic N) is 1. The number of nitrogens with one attached hydrogen (secondary N) is 2. The molecule has 0 spiro atoms. The lowest BCUT2D eigenvalue weighted by molar-refractivity contribution is -0.125. The van der Waals surface area contributed by atoms with Gasteiger partial charge in [0.15, 0.2) is 0 Å². The molecule has 7 heteroatoms. The van der Waals surface area contributed by atoms with E-state index in [-0.39, 0.29) is 36.5 Å². The van der Waals surface area contributed by atoms with Crippen LogP contribution in [0.15, 0.2) is 18.2 Å². The molecule has 2 amide bonds. The van der Waals surface area contributed by atoms with E-state index in [4.69, 9.17) is 23.2 Å².